The van der Waals surface area contributed by atoms with Crippen LogP contribution >= 0.6 is 15.9 Å². The van der Waals surface area contributed by atoms with Crippen molar-refractivity contribution >= 4 is 15.9 Å². The highest BCUT2D eigenvalue weighted by Crippen LogP contribution is 2.29. The van der Waals surface area contributed by atoms with Gasteiger partial charge in [0.05, 0.1) is 6.04 Å². The van der Waals surface area contributed by atoms with Gasteiger partial charge in [0.15, 0.2) is 5.82 Å². The largest absolute Gasteiger partial charge is 0.295 e. The second kappa shape index (κ2) is 3.97. The van der Waals surface area contributed by atoms with E-state index in [1.807, 2.05) is 22.8 Å². The van der Waals surface area contributed by atoms with E-state index in [2.05, 4.69) is 37.0 Å². The Morgan fingerprint density at radius 2 is 2.29 bits per heavy atom. The highest BCUT2D eigenvalue weighted by molar-refractivity contribution is 9.10. The third kappa shape index (κ3) is 1.65. The molecule has 1 aliphatic heterocycles. The number of pyridine rings is 1. The van der Waals surface area contributed by atoms with Gasteiger partial charge in [-0.15, -0.1) is 16.6 Å². The molecule has 17 heavy (non-hydrogen) atoms. The zero-order valence-corrected chi connectivity index (χ0v) is 10.6. The third-order valence-electron chi connectivity index (χ3n) is 2.86. The van der Waals surface area contributed by atoms with Gasteiger partial charge in [-0.25, -0.2) is 4.98 Å². The van der Waals surface area contributed by atoms with Gasteiger partial charge in [0.2, 0.25) is 0 Å². The maximum atomic E-state index is 5.53. The summed E-state index contributed by atoms with van der Waals surface area (Å²) < 4.78 is 2.79. The van der Waals surface area contributed by atoms with E-state index in [9.17, 15) is 0 Å². The lowest BCUT2D eigenvalue weighted by molar-refractivity contribution is 0.663. The van der Waals surface area contributed by atoms with Crippen molar-refractivity contribution in [1.29, 1.82) is 0 Å². The molecule has 0 fully saturated rings. The van der Waals surface area contributed by atoms with Gasteiger partial charge < -0.3 is 0 Å². The van der Waals surface area contributed by atoms with E-state index in [0.717, 1.165) is 34.8 Å². The molecule has 2 aromatic rings. The van der Waals surface area contributed by atoms with E-state index in [0.29, 0.717) is 0 Å². The van der Waals surface area contributed by atoms with E-state index >= 15 is 0 Å². The van der Waals surface area contributed by atoms with Crippen LogP contribution in [0.2, 0.25) is 0 Å². The molecule has 1 aliphatic rings. The number of nitrogens with zero attached hydrogens (tertiary/aromatic N) is 4. The number of fused-ring (bicyclic) bond motifs is 1. The second-order valence-electron chi connectivity index (χ2n) is 3.88. The average molecular weight is 289 g/mol. The summed E-state index contributed by atoms with van der Waals surface area (Å²) >= 11 is 3.35. The number of terminal acetylenes is 1. The van der Waals surface area contributed by atoms with Crippen molar-refractivity contribution in [1.82, 2.24) is 19.7 Å². The SMILES string of the molecule is C#C[C@H]1CCc2nnc(-c3cccc(Br)n3)n21. The van der Waals surface area contributed by atoms with E-state index in [1.54, 1.807) is 0 Å². The summed E-state index contributed by atoms with van der Waals surface area (Å²) in [4.78, 5) is 4.39. The standard InChI is InChI=1S/C12H9BrN4/c1-2-8-6-7-11-15-16-12(17(8)11)9-4-3-5-10(13)14-9/h1,3-5,8H,6-7H2/t8-/m0/s1. The van der Waals surface area contributed by atoms with Gasteiger partial charge in [-0.05, 0) is 34.5 Å². The Morgan fingerprint density at radius 1 is 1.41 bits per heavy atom. The molecule has 0 saturated carbocycles. The van der Waals surface area contributed by atoms with Gasteiger partial charge in [-0.1, -0.05) is 12.0 Å². The van der Waals surface area contributed by atoms with Gasteiger partial charge in [-0.2, -0.15) is 0 Å². The molecule has 0 amide bonds. The molecule has 2 aromatic heterocycles. The van der Waals surface area contributed by atoms with Gasteiger partial charge in [0.1, 0.15) is 16.1 Å². The van der Waals surface area contributed by atoms with Gasteiger partial charge >= 0.3 is 0 Å². The van der Waals surface area contributed by atoms with Crippen molar-refractivity contribution in [3.05, 3.63) is 28.6 Å². The van der Waals surface area contributed by atoms with Crippen molar-refractivity contribution < 1.29 is 0 Å². The lowest BCUT2D eigenvalue weighted by Gasteiger charge is -2.08. The predicted octanol–water partition coefficient (Wildman–Crippen LogP) is 2.22. The molecule has 5 heteroatoms. The lowest BCUT2D eigenvalue weighted by atomic mass is 10.2. The maximum absolute atomic E-state index is 5.53. The van der Waals surface area contributed by atoms with Crippen LogP contribution in [0.25, 0.3) is 11.5 Å². The van der Waals surface area contributed by atoms with Crippen LogP contribution < -0.4 is 0 Å². The zero-order valence-electron chi connectivity index (χ0n) is 8.97. The summed E-state index contributed by atoms with van der Waals surface area (Å²) in [5.41, 5.74) is 0.792. The van der Waals surface area contributed by atoms with Crippen LogP contribution in [0.4, 0.5) is 0 Å². The van der Waals surface area contributed by atoms with Crippen molar-refractivity contribution in [2.75, 3.05) is 0 Å². The van der Waals surface area contributed by atoms with Crippen molar-refractivity contribution in [3.8, 4) is 23.9 Å². The minimum Gasteiger partial charge on any atom is -0.295 e. The van der Waals surface area contributed by atoms with Gasteiger partial charge in [0, 0.05) is 6.42 Å². The Bertz CT molecular complexity index is 611. The Balaban J connectivity index is 2.15. The van der Waals surface area contributed by atoms with Crippen LogP contribution in [0.1, 0.15) is 18.3 Å². The number of aryl methyl sites for hydroxylation is 1. The van der Waals surface area contributed by atoms with Crippen LogP contribution in [-0.4, -0.2) is 19.7 Å². The first-order chi connectivity index (χ1) is 8.29. The molecule has 0 spiro atoms. The Hall–Kier alpha value is -1.67. The topological polar surface area (TPSA) is 43.6 Å². The van der Waals surface area contributed by atoms with Gasteiger partial charge in [0.25, 0.3) is 0 Å². The van der Waals surface area contributed by atoms with E-state index in [4.69, 9.17) is 6.42 Å². The fraction of sp³-hybridized carbons (Fsp3) is 0.250. The number of rotatable bonds is 1. The fourth-order valence-electron chi connectivity index (χ4n) is 2.08. The molecule has 0 aliphatic carbocycles. The Morgan fingerprint density at radius 3 is 3.06 bits per heavy atom. The predicted molar refractivity (Wildman–Crippen MR) is 67.1 cm³/mol. The number of hydrogen-bond donors (Lipinski definition) is 0. The highest BCUT2D eigenvalue weighted by Gasteiger charge is 2.26. The monoisotopic (exact) mass is 288 g/mol. The number of aromatic nitrogens is 4. The third-order valence-corrected chi connectivity index (χ3v) is 3.30. The summed E-state index contributed by atoms with van der Waals surface area (Å²) in [7, 11) is 0. The molecule has 0 N–H and O–H groups in total. The molecule has 0 radical (unpaired) electrons. The number of hydrogen-bond acceptors (Lipinski definition) is 3. The normalized spacial score (nSPS) is 17.8. The summed E-state index contributed by atoms with van der Waals surface area (Å²) in [6.45, 7) is 0. The van der Waals surface area contributed by atoms with E-state index < -0.39 is 0 Å². The fourth-order valence-corrected chi connectivity index (χ4v) is 2.43. The van der Waals surface area contributed by atoms with Crippen LogP contribution in [0.5, 0.6) is 0 Å². The lowest BCUT2D eigenvalue weighted by Crippen LogP contribution is -2.04. The maximum Gasteiger partial charge on any atom is 0.183 e. The summed E-state index contributed by atoms with van der Waals surface area (Å²) in [5, 5.41) is 8.34. The zero-order chi connectivity index (χ0) is 11.8. The van der Waals surface area contributed by atoms with Crippen molar-refractivity contribution in [2.45, 2.75) is 18.9 Å². The molecule has 0 saturated heterocycles. The van der Waals surface area contributed by atoms with E-state index in [1.165, 1.54) is 0 Å². The molecule has 4 nitrogen and oxygen atoms in total. The minimum atomic E-state index is 0.0516. The van der Waals surface area contributed by atoms with E-state index in [-0.39, 0.29) is 6.04 Å². The minimum absolute atomic E-state index is 0.0516. The van der Waals surface area contributed by atoms with Crippen LogP contribution in [0.3, 0.4) is 0 Å². The van der Waals surface area contributed by atoms with Crippen LogP contribution in [0.15, 0.2) is 22.8 Å². The smallest absolute Gasteiger partial charge is 0.183 e. The van der Waals surface area contributed by atoms with Crippen LogP contribution in [-0.2, 0) is 6.42 Å². The van der Waals surface area contributed by atoms with Gasteiger partial charge in [-0.3, -0.25) is 4.57 Å². The Labute approximate surface area is 107 Å². The van der Waals surface area contributed by atoms with Crippen molar-refractivity contribution in [2.24, 2.45) is 0 Å². The summed E-state index contributed by atoms with van der Waals surface area (Å²) in [5.74, 6) is 4.47. The first-order valence-corrected chi connectivity index (χ1v) is 6.11. The molecular weight excluding hydrogens is 280 g/mol. The Kier molecular flexibility index (Phi) is 2.45. The molecular formula is C12H9BrN4. The summed E-state index contributed by atoms with van der Waals surface area (Å²) in [6.07, 6.45) is 7.35. The van der Waals surface area contributed by atoms with Crippen LogP contribution in [0, 0.1) is 12.3 Å². The molecule has 0 aromatic carbocycles. The second-order valence-corrected chi connectivity index (χ2v) is 4.69. The van der Waals surface area contributed by atoms with Crippen molar-refractivity contribution in [3.63, 3.8) is 0 Å². The first kappa shape index (κ1) is 10.5. The first-order valence-electron chi connectivity index (χ1n) is 5.32. The molecule has 3 rings (SSSR count). The molecule has 1 atom stereocenters. The summed E-state index contributed by atoms with van der Waals surface area (Å²) in [6, 6.07) is 5.77. The molecule has 0 bridgehead atoms. The highest BCUT2D eigenvalue weighted by atomic mass is 79.9. The molecule has 84 valence electrons. The molecule has 3 heterocycles. The average Bonchev–Trinajstić information content (AvgIpc) is 2.89. The number of halogens is 1. The molecule has 0 unspecified atom stereocenters. The quantitative estimate of drug-likeness (QED) is 0.597.